The number of carbonyl (C=O) groups excluding carboxylic acids is 1. The van der Waals surface area contributed by atoms with Gasteiger partial charge in [0.25, 0.3) is 0 Å². The zero-order valence-electron chi connectivity index (χ0n) is 8.57. The third-order valence-electron chi connectivity index (χ3n) is 3.10. The van der Waals surface area contributed by atoms with Crippen molar-refractivity contribution in [1.82, 2.24) is 9.78 Å². The van der Waals surface area contributed by atoms with Crippen LogP contribution in [0, 0.1) is 5.92 Å². The molecule has 0 saturated heterocycles. The van der Waals surface area contributed by atoms with Gasteiger partial charge in [-0.2, -0.15) is 5.10 Å². The predicted octanol–water partition coefficient (Wildman–Crippen LogP) is 1.72. The first-order valence-corrected chi connectivity index (χ1v) is 5.27. The number of ketones is 1. The first kappa shape index (κ1) is 9.44. The fourth-order valence-corrected chi connectivity index (χ4v) is 2.16. The number of aromatic nitrogens is 2. The van der Waals surface area contributed by atoms with Crippen LogP contribution in [-0.4, -0.2) is 15.6 Å². The number of hydrogen-bond acceptors (Lipinski definition) is 2. The molecule has 0 bridgehead atoms. The van der Waals surface area contributed by atoms with Crippen LogP contribution in [0.25, 0.3) is 0 Å². The van der Waals surface area contributed by atoms with E-state index in [9.17, 15) is 4.79 Å². The fraction of sp³-hybridized carbons (Fsp3) is 0.636. The van der Waals surface area contributed by atoms with Crippen molar-refractivity contribution in [2.75, 3.05) is 0 Å². The molecular formula is C11H16N2O. The molecule has 0 amide bonds. The molecule has 0 radical (unpaired) electrons. The highest BCUT2D eigenvalue weighted by Gasteiger charge is 2.23. The van der Waals surface area contributed by atoms with Gasteiger partial charge in [0.05, 0.1) is 0 Å². The van der Waals surface area contributed by atoms with Gasteiger partial charge in [-0.25, -0.2) is 0 Å². The molecular weight excluding hydrogens is 176 g/mol. The summed E-state index contributed by atoms with van der Waals surface area (Å²) in [6.07, 6.45) is 6.78. The van der Waals surface area contributed by atoms with Gasteiger partial charge in [0.1, 0.15) is 5.78 Å². The molecule has 1 aliphatic carbocycles. The molecule has 3 nitrogen and oxygen atoms in total. The minimum absolute atomic E-state index is 0.324. The Morgan fingerprint density at radius 2 is 2.50 bits per heavy atom. The minimum atomic E-state index is 0.324. The third-order valence-corrected chi connectivity index (χ3v) is 3.10. The molecule has 1 atom stereocenters. The van der Waals surface area contributed by atoms with E-state index in [2.05, 4.69) is 5.10 Å². The summed E-state index contributed by atoms with van der Waals surface area (Å²) in [6.45, 7) is 0. The zero-order valence-corrected chi connectivity index (χ0v) is 8.57. The topological polar surface area (TPSA) is 34.9 Å². The lowest BCUT2D eigenvalue weighted by molar-refractivity contribution is -0.120. The van der Waals surface area contributed by atoms with Gasteiger partial charge in [-0.3, -0.25) is 9.48 Å². The van der Waals surface area contributed by atoms with E-state index in [1.54, 1.807) is 0 Å². The lowest BCUT2D eigenvalue weighted by Gasteiger charge is -2.07. The number of nitrogens with zero attached hydrogens (tertiary/aromatic N) is 2. The summed E-state index contributed by atoms with van der Waals surface area (Å²) >= 11 is 0. The molecule has 14 heavy (non-hydrogen) atoms. The molecule has 1 aromatic rings. The Bertz CT molecular complexity index is 330. The molecule has 2 rings (SSSR count). The standard InChI is InChI=1S/C11H16N2O/c1-13-10(7-8-12-13)6-5-9-3-2-4-11(9)14/h7-9H,2-6H2,1H3. The number of hydrogen-bond donors (Lipinski definition) is 0. The zero-order chi connectivity index (χ0) is 9.97. The van der Waals surface area contributed by atoms with Crippen LogP contribution in [0.2, 0.25) is 0 Å². The van der Waals surface area contributed by atoms with E-state index in [0.717, 1.165) is 32.1 Å². The monoisotopic (exact) mass is 192 g/mol. The maximum Gasteiger partial charge on any atom is 0.135 e. The van der Waals surface area contributed by atoms with E-state index in [0.29, 0.717) is 11.7 Å². The van der Waals surface area contributed by atoms with Gasteiger partial charge < -0.3 is 0 Å². The van der Waals surface area contributed by atoms with Gasteiger partial charge in [0.2, 0.25) is 0 Å². The van der Waals surface area contributed by atoms with E-state index in [1.165, 1.54) is 5.69 Å². The average molecular weight is 192 g/mol. The second kappa shape index (κ2) is 3.95. The highest BCUT2D eigenvalue weighted by atomic mass is 16.1. The van der Waals surface area contributed by atoms with Crippen LogP contribution in [0.5, 0.6) is 0 Å². The van der Waals surface area contributed by atoms with Crippen LogP contribution in [-0.2, 0) is 18.3 Å². The smallest absolute Gasteiger partial charge is 0.135 e. The van der Waals surface area contributed by atoms with E-state index in [-0.39, 0.29) is 0 Å². The third kappa shape index (κ3) is 1.86. The number of rotatable bonds is 3. The Morgan fingerprint density at radius 3 is 3.07 bits per heavy atom. The molecule has 0 spiro atoms. The first-order chi connectivity index (χ1) is 6.77. The summed E-state index contributed by atoms with van der Waals surface area (Å²) in [4.78, 5) is 11.4. The van der Waals surface area contributed by atoms with Crippen LogP contribution < -0.4 is 0 Å². The maximum atomic E-state index is 11.4. The van der Waals surface area contributed by atoms with Crippen molar-refractivity contribution in [2.45, 2.75) is 32.1 Å². The van der Waals surface area contributed by atoms with E-state index in [4.69, 9.17) is 0 Å². The molecule has 1 aliphatic rings. The summed E-state index contributed by atoms with van der Waals surface area (Å²) in [5.41, 5.74) is 1.23. The number of aryl methyl sites for hydroxylation is 2. The molecule has 76 valence electrons. The second-order valence-corrected chi connectivity index (χ2v) is 4.04. The summed E-state index contributed by atoms with van der Waals surface area (Å²) in [6, 6.07) is 2.03. The summed E-state index contributed by atoms with van der Waals surface area (Å²) in [5.74, 6) is 0.789. The largest absolute Gasteiger partial charge is 0.299 e. The lowest BCUT2D eigenvalue weighted by atomic mass is 10.00. The highest BCUT2D eigenvalue weighted by molar-refractivity contribution is 5.82. The summed E-state index contributed by atoms with van der Waals surface area (Å²) in [5, 5.41) is 4.11. The van der Waals surface area contributed by atoms with Crippen molar-refractivity contribution in [1.29, 1.82) is 0 Å². The molecule has 1 aromatic heterocycles. The Kier molecular flexibility index (Phi) is 2.66. The lowest BCUT2D eigenvalue weighted by Crippen LogP contribution is -2.08. The predicted molar refractivity (Wildman–Crippen MR) is 53.9 cm³/mol. The van der Waals surface area contributed by atoms with Crippen molar-refractivity contribution < 1.29 is 4.79 Å². The molecule has 1 unspecified atom stereocenters. The molecule has 3 heteroatoms. The normalized spacial score (nSPS) is 21.8. The Labute approximate surface area is 84.1 Å². The summed E-state index contributed by atoms with van der Waals surface area (Å²) in [7, 11) is 1.95. The first-order valence-electron chi connectivity index (χ1n) is 5.27. The fourth-order valence-electron chi connectivity index (χ4n) is 2.16. The van der Waals surface area contributed by atoms with Crippen LogP contribution in [0.15, 0.2) is 12.3 Å². The molecule has 0 N–H and O–H groups in total. The average Bonchev–Trinajstić information content (AvgIpc) is 2.72. The van der Waals surface area contributed by atoms with E-state index in [1.807, 2.05) is 24.0 Å². The Balaban J connectivity index is 1.88. The van der Waals surface area contributed by atoms with Crippen LogP contribution >= 0.6 is 0 Å². The molecule has 0 aliphatic heterocycles. The molecule has 1 heterocycles. The Morgan fingerprint density at radius 1 is 1.64 bits per heavy atom. The van der Waals surface area contributed by atoms with Crippen LogP contribution in [0.4, 0.5) is 0 Å². The van der Waals surface area contributed by atoms with Crippen molar-refractivity contribution in [3.63, 3.8) is 0 Å². The molecule has 1 saturated carbocycles. The summed E-state index contributed by atoms with van der Waals surface area (Å²) < 4.78 is 1.89. The molecule has 0 aromatic carbocycles. The van der Waals surface area contributed by atoms with Gasteiger partial charge in [-0.05, 0) is 31.7 Å². The van der Waals surface area contributed by atoms with Gasteiger partial charge in [0, 0.05) is 31.3 Å². The van der Waals surface area contributed by atoms with Gasteiger partial charge in [-0.1, -0.05) is 0 Å². The maximum absolute atomic E-state index is 11.4. The van der Waals surface area contributed by atoms with Gasteiger partial charge in [0.15, 0.2) is 0 Å². The second-order valence-electron chi connectivity index (χ2n) is 4.04. The van der Waals surface area contributed by atoms with Crippen LogP contribution in [0.1, 0.15) is 31.4 Å². The van der Waals surface area contributed by atoms with Gasteiger partial charge >= 0.3 is 0 Å². The van der Waals surface area contributed by atoms with Crippen LogP contribution in [0.3, 0.4) is 0 Å². The highest BCUT2D eigenvalue weighted by Crippen LogP contribution is 2.25. The number of Topliss-reactive ketones (excluding diaryl/α,β-unsaturated/α-hetero) is 1. The van der Waals surface area contributed by atoms with E-state index >= 15 is 0 Å². The van der Waals surface area contributed by atoms with Gasteiger partial charge in [-0.15, -0.1) is 0 Å². The van der Waals surface area contributed by atoms with E-state index < -0.39 is 0 Å². The number of carbonyl (C=O) groups is 1. The van der Waals surface area contributed by atoms with Crippen molar-refractivity contribution in [2.24, 2.45) is 13.0 Å². The van der Waals surface area contributed by atoms with Crippen molar-refractivity contribution in [3.8, 4) is 0 Å². The quantitative estimate of drug-likeness (QED) is 0.731. The van der Waals surface area contributed by atoms with Crippen molar-refractivity contribution >= 4 is 5.78 Å². The molecule has 1 fully saturated rings. The van der Waals surface area contributed by atoms with Crippen molar-refractivity contribution in [3.05, 3.63) is 18.0 Å². The Hall–Kier alpha value is -1.12. The SMILES string of the molecule is Cn1nccc1CCC1CCCC1=O. The minimum Gasteiger partial charge on any atom is -0.299 e.